The Bertz CT molecular complexity index is 614. The van der Waals surface area contributed by atoms with Crippen LogP contribution in [0.3, 0.4) is 0 Å². The zero-order valence-corrected chi connectivity index (χ0v) is 14.0. The number of aryl methyl sites for hydroxylation is 1. The second-order valence-electron chi connectivity index (χ2n) is 6.38. The van der Waals surface area contributed by atoms with Crippen LogP contribution in [-0.4, -0.2) is 35.1 Å². The van der Waals surface area contributed by atoms with Gasteiger partial charge in [0.15, 0.2) is 0 Å². The number of carbonyl (C=O) groups is 2. The Kier molecular flexibility index (Phi) is 3.89. The fraction of sp³-hybridized carbons (Fsp3) is 0.500. The molecule has 6 heteroatoms. The van der Waals surface area contributed by atoms with Crippen LogP contribution < -0.4 is 5.32 Å². The molecule has 1 saturated heterocycles. The molecule has 5 nitrogen and oxygen atoms in total. The molecule has 2 aliphatic rings. The van der Waals surface area contributed by atoms with Crippen LogP contribution in [0.2, 0.25) is 0 Å². The molecule has 2 fully saturated rings. The number of nitrogens with zero attached hydrogens (tertiary/aromatic N) is 1. The van der Waals surface area contributed by atoms with Gasteiger partial charge in [0.1, 0.15) is 0 Å². The molecule has 1 saturated carbocycles. The van der Waals surface area contributed by atoms with Crippen LogP contribution in [0.5, 0.6) is 0 Å². The zero-order chi connectivity index (χ0) is 15.9. The average molecular weight is 367 g/mol. The Hall–Kier alpha value is -1.56. The van der Waals surface area contributed by atoms with Crippen molar-refractivity contribution in [1.29, 1.82) is 0 Å². The van der Waals surface area contributed by atoms with Crippen molar-refractivity contribution in [1.82, 2.24) is 4.90 Å². The molecule has 0 aromatic heterocycles. The summed E-state index contributed by atoms with van der Waals surface area (Å²) < 4.78 is 0.906. The number of rotatable bonds is 2. The summed E-state index contributed by atoms with van der Waals surface area (Å²) in [7, 11) is 0. The summed E-state index contributed by atoms with van der Waals surface area (Å²) in [5.41, 5.74) is 1.04. The second kappa shape index (κ2) is 5.57. The van der Waals surface area contributed by atoms with Gasteiger partial charge in [-0.3, -0.25) is 4.79 Å². The van der Waals surface area contributed by atoms with E-state index in [0.717, 1.165) is 28.6 Å². The van der Waals surface area contributed by atoms with Crippen LogP contribution in [0, 0.1) is 18.3 Å². The van der Waals surface area contributed by atoms with Crippen molar-refractivity contribution < 1.29 is 14.7 Å². The summed E-state index contributed by atoms with van der Waals surface area (Å²) in [4.78, 5) is 25.7. The van der Waals surface area contributed by atoms with Crippen molar-refractivity contribution in [2.24, 2.45) is 11.3 Å². The topological polar surface area (TPSA) is 69.6 Å². The molecule has 1 aromatic carbocycles. The Morgan fingerprint density at radius 1 is 1.41 bits per heavy atom. The van der Waals surface area contributed by atoms with Crippen LogP contribution in [0.25, 0.3) is 0 Å². The van der Waals surface area contributed by atoms with Crippen molar-refractivity contribution in [3.8, 4) is 0 Å². The zero-order valence-electron chi connectivity index (χ0n) is 12.4. The highest BCUT2D eigenvalue weighted by molar-refractivity contribution is 9.10. The lowest BCUT2D eigenvalue weighted by Gasteiger charge is -2.23. The first-order valence-electron chi connectivity index (χ1n) is 7.47. The molecule has 22 heavy (non-hydrogen) atoms. The Labute approximate surface area is 137 Å². The smallest absolute Gasteiger partial charge is 0.321 e. The Morgan fingerprint density at radius 3 is 2.82 bits per heavy atom. The number of aliphatic carboxylic acids is 1. The Balaban J connectivity index is 1.73. The number of fused-ring (bicyclic) bond motifs is 1. The number of nitrogens with one attached hydrogen (secondary N) is 1. The highest BCUT2D eigenvalue weighted by atomic mass is 79.9. The highest BCUT2D eigenvalue weighted by Gasteiger charge is 2.55. The van der Waals surface area contributed by atoms with Crippen LogP contribution in [0.4, 0.5) is 10.5 Å². The van der Waals surface area contributed by atoms with E-state index in [1.807, 2.05) is 25.1 Å². The van der Waals surface area contributed by atoms with Crippen LogP contribution >= 0.6 is 15.9 Å². The maximum Gasteiger partial charge on any atom is 0.321 e. The largest absolute Gasteiger partial charge is 0.481 e. The fourth-order valence-electron chi connectivity index (χ4n) is 3.80. The lowest BCUT2D eigenvalue weighted by atomic mass is 9.81. The van der Waals surface area contributed by atoms with Gasteiger partial charge in [0.05, 0.1) is 5.41 Å². The second-order valence-corrected chi connectivity index (χ2v) is 7.29. The van der Waals surface area contributed by atoms with Gasteiger partial charge in [0.2, 0.25) is 0 Å². The minimum atomic E-state index is -0.761. The summed E-state index contributed by atoms with van der Waals surface area (Å²) in [6.07, 6.45) is 2.51. The van der Waals surface area contributed by atoms with E-state index in [1.165, 1.54) is 0 Å². The molecule has 1 heterocycles. The third kappa shape index (κ3) is 2.60. The van der Waals surface area contributed by atoms with Gasteiger partial charge in [-0.25, -0.2) is 4.79 Å². The monoisotopic (exact) mass is 366 g/mol. The molecule has 0 spiro atoms. The normalized spacial score (nSPS) is 26.8. The minimum Gasteiger partial charge on any atom is -0.481 e. The molecule has 2 amide bonds. The summed E-state index contributed by atoms with van der Waals surface area (Å²) in [6, 6.07) is 5.49. The van der Waals surface area contributed by atoms with E-state index in [4.69, 9.17) is 0 Å². The van der Waals surface area contributed by atoms with Crippen molar-refractivity contribution in [2.75, 3.05) is 18.4 Å². The van der Waals surface area contributed by atoms with E-state index < -0.39 is 11.4 Å². The molecule has 1 aliphatic carbocycles. The summed E-state index contributed by atoms with van der Waals surface area (Å²) in [5, 5.41) is 12.4. The number of hydrogen-bond donors (Lipinski definition) is 2. The number of carboxylic acid groups (broad SMARTS) is 1. The van der Waals surface area contributed by atoms with Gasteiger partial charge in [0.25, 0.3) is 0 Å². The van der Waals surface area contributed by atoms with Gasteiger partial charge >= 0.3 is 12.0 Å². The number of halogens is 1. The average Bonchev–Trinajstić information content (AvgIpc) is 2.94. The maximum absolute atomic E-state index is 12.4. The number of anilines is 1. The fourth-order valence-corrected chi connectivity index (χ4v) is 4.41. The lowest BCUT2D eigenvalue weighted by molar-refractivity contribution is -0.149. The first-order valence-corrected chi connectivity index (χ1v) is 8.26. The van der Waals surface area contributed by atoms with Gasteiger partial charge in [0, 0.05) is 23.2 Å². The number of urea groups is 1. The van der Waals surface area contributed by atoms with Gasteiger partial charge in [-0.2, -0.15) is 0 Å². The summed E-state index contributed by atoms with van der Waals surface area (Å²) in [5.74, 6) is -0.677. The number of carbonyl (C=O) groups excluding carboxylic acids is 1. The highest BCUT2D eigenvalue weighted by Crippen LogP contribution is 2.48. The molecule has 118 valence electrons. The van der Waals surface area contributed by atoms with E-state index in [0.29, 0.717) is 19.5 Å². The van der Waals surface area contributed by atoms with Crippen molar-refractivity contribution in [3.05, 3.63) is 28.2 Å². The first-order chi connectivity index (χ1) is 10.4. The number of benzene rings is 1. The van der Waals surface area contributed by atoms with Crippen molar-refractivity contribution >= 4 is 33.6 Å². The Morgan fingerprint density at radius 2 is 2.18 bits per heavy atom. The van der Waals surface area contributed by atoms with Crippen molar-refractivity contribution in [2.45, 2.75) is 26.2 Å². The third-order valence-corrected chi connectivity index (χ3v) is 5.34. The van der Waals surface area contributed by atoms with Gasteiger partial charge in [-0.15, -0.1) is 0 Å². The maximum atomic E-state index is 12.4. The minimum absolute atomic E-state index is 0.0833. The molecular formula is C16H19BrN2O3. The standard InChI is InChI=1S/C16H19BrN2O3/c1-10-5-12(17)7-13(6-10)18-15(22)19-8-11-3-2-4-16(11,9-19)14(20)21/h5-7,11H,2-4,8-9H2,1H3,(H,18,22)(H,20,21)/t11-,16+/m0/s1. The summed E-state index contributed by atoms with van der Waals surface area (Å²) in [6.45, 7) is 2.80. The van der Waals surface area contributed by atoms with Gasteiger partial charge < -0.3 is 15.3 Å². The third-order valence-electron chi connectivity index (χ3n) is 4.88. The summed E-state index contributed by atoms with van der Waals surface area (Å²) >= 11 is 3.41. The molecular weight excluding hydrogens is 348 g/mol. The van der Waals surface area contributed by atoms with E-state index in [9.17, 15) is 14.7 Å². The van der Waals surface area contributed by atoms with E-state index in [1.54, 1.807) is 4.90 Å². The van der Waals surface area contributed by atoms with Gasteiger partial charge in [-0.1, -0.05) is 22.4 Å². The van der Waals surface area contributed by atoms with Crippen LogP contribution in [0.1, 0.15) is 24.8 Å². The van der Waals surface area contributed by atoms with Crippen molar-refractivity contribution in [3.63, 3.8) is 0 Å². The number of likely N-dealkylation sites (tertiary alicyclic amines) is 1. The first kappa shape index (κ1) is 15.3. The predicted octanol–water partition coefficient (Wildman–Crippen LogP) is 3.48. The molecule has 0 bridgehead atoms. The lowest BCUT2D eigenvalue weighted by Crippen LogP contribution is -2.38. The SMILES string of the molecule is Cc1cc(Br)cc(NC(=O)N2C[C@@H]3CCC[C@@]3(C(=O)O)C2)c1. The molecule has 0 unspecified atom stereocenters. The van der Waals surface area contributed by atoms with Crippen LogP contribution in [0.15, 0.2) is 22.7 Å². The quantitative estimate of drug-likeness (QED) is 0.841. The molecule has 0 radical (unpaired) electrons. The molecule has 2 N–H and O–H groups in total. The van der Waals surface area contributed by atoms with Gasteiger partial charge in [-0.05, 0) is 49.4 Å². The van der Waals surface area contributed by atoms with E-state index in [-0.39, 0.29) is 11.9 Å². The van der Waals surface area contributed by atoms with E-state index in [2.05, 4.69) is 21.2 Å². The molecule has 1 aromatic rings. The number of carboxylic acids is 1. The van der Waals surface area contributed by atoms with Crippen LogP contribution in [-0.2, 0) is 4.79 Å². The predicted molar refractivity (Wildman–Crippen MR) is 86.9 cm³/mol. The number of hydrogen-bond acceptors (Lipinski definition) is 2. The molecule has 1 aliphatic heterocycles. The van der Waals surface area contributed by atoms with E-state index >= 15 is 0 Å². The molecule has 3 rings (SSSR count). The number of amides is 2. The molecule has 2 atom stereocenters.